The summed E-state index contributed by atoms with van der Waals surface area (Å²) in [5, 5.41) is 14.4. The Morgan fingerprint density at radius 2 is 1.74 bits per heavy atom. The minimum absolute atomic E-state index is 0.0546. The molecule has 0 radical (unpaired) electrons. The van der Waals surface area contributed by atoms with Crippen LogP contribution in [0.3, 0.4) is 0 Å². The zero-order chi connectivity index (χ0) is 24.1. The van der Waals surface area contributed by atoms with Crippen molar-refractivity contribution in [2.45, 2.75) is 32.6 Å². The van der Waals surface area contributed by atoms with Gasteiger partial charge in [0.25, 0.3) is 5.91 Å². The smallest absolute Gasteiger partial charge is 0.410 e. The average molecular weight is 461 g/mol. The van der Waals surface area contributed by atoms with E-state index < -0.39 is 6.09 Å². The van der Waals surface area contributed by atoms with E-state index >= 15 is 0 Å². The lowest BCUT2D eigenvalue weighted by Crippen LogP contribution is -2.32. The van der Waals surface area contributed by atoms with Gasteiger partial charge in [0.2, 0.25) is 5.91 Å². The molecule has 0 saturated carbocycles. The predicted octanol–water partition coefficient (Wildman–Crippen LogP) is 4.20. The second-order valence-corrected chi connectivity index (χ2v) is 8.44. The van der Waals surface area contributed by atoms with Gasteiger partial charge in [-0.15, -0.1) is 0 Å². The molecule has 8 nitrogen and oxygen atoms in total. The number of amides is 3. The SMILES string of the molecule is CCCNC(=O)C1=Cc2ccc(-c3ccc(C(=O)N4CCCC4)cc3)cc2N=C(NC(=O)O)C1. The summed E-state index contributed by atoms with van der Waals surface area (Å²) in [6.45, 7) is 4.12. The van der Waals surface area contributed by atoms with Crippen molar-refractivity contribution in [1.82, 2.24) is 15.5 Å². The summed E-state index contributed by atoms with van der Waals surface area (Å²) in [4.78, 5) is 42.9. The molecule has 2 aromatic rings. The number of hydrogen-bond donors (Lipinski definition) is 3. The number of carboxylic acid groups (broad SMARTS) is 1. The first-order valence-electron chi connectivity index (χ1n) is 11.5. The molecule has 2 heterocycles. The number of carbonyl (C=O) groups is 3. The molecule has 0 bridgehead atoms. The average Bonchev–Trinajstić information content (AvgIpc) is 3.31. The summed E-state index contributed by atoms with van der Waals surface area (Å²) in [5.41, 5.74) is 4.20. The molecule has 2 aliphatic rings. The molecule has 34 heavy (non-hydrogen) atoms. The van der Waals surface area contributed by atoms with Crippen molar-refractivity contribution in [3.8, 4) is 11.1 Å². The van der Waals surface area contributed by atoms with Crippen LogP contribution >= 0.6 is 0 Å². The summed E-state index contributed by atoms with van der Waals surface area (Å²) >= 11 is 0. The molecule has 4 rings (SSSR count). The van der Waals surface area contributed by atoms with Crippen molar-refractivity contribution < 1.29 is 19.5 Å². The monoisotopic (exact) mass is 460 g/mol. The second kappa shape index (κ2) is 10.3. The van der Waals surface area contributed by atoms with Gasteiger partial charge in [0.05, 0.1) is 5.69 Å². The van der Waals surface area contributed by atoms with E-state index in [0.29, 0.717) is 23.4 Å². The van der Waals surface area contributed by atoms with Crippen molar-refractivity contribution in [2.75, 3.05) is 19.6 Å². The number of rotatable bonds is 5. The van der Waals surface area contributed by atoms with E-state index in [1.165, 1.54) is 0 Å². The lowest BCUT2D eigenvalue weighted by atomic mass is 10.00. The van der Waals surface area contributed by atoms with Crippen LogP contribution in [0.4, 0.5) is 10.5 Å². The van der Waals surface area contributed by atoms with Crippen molar-refractivity contribution in [1.29, 1.82) is 0 Å². The third kappa shape index (κ3) is 5.33. The van der Waals surface area contributed by atoms with E-state index in [9.17, 15) is 19.5 Å². The number of hydrogen-bond acceptors (Lipinski definition) is 4. The van der Waals surface area contributed by atoms with E-state index in [-0.39, 0.29) is 24.1 Å². The lowest BCUT2D eigenvalue weighted by molar-refractivity contribution is -0.117. The maximum atomic E-state index is 12.6. The highest BCUT2D eigenvalue weighted by Crippen LogP contribution is 2.32. The van der Waals surface area contributed by atoms with Gasteiger partial charge in [0.15, 0.2) is 0 Å². The number of benzene rings is 2. The summed E-state index contributed by atoms with van der Waals surface area (Å²) in [6.07, 6.45) is 3.50. The van der Waals surface area contributed by atoms with E-state index in [1.54, 1.807) is 6.08 Å². The zero-order valence-corrected chi connectivity index (χ0v) is 19.1. The zero-order valence-electron chi connectivity index (χ0n) is 19.1. The minimum atomic E-state index is -1.23. The van der Waals surface area contributed by atoms with Gasteiger partial charge in [-0.3, -0.25) is 14.9 Å². The molecular weight excluding hydrogens is 432 g/mol. The number of aliphatic imine (C=N–C) groups is 1. The third-order valence-corrected chi connectivity index (χ3v) is 5.91. The second-order valence-electron chi connectivity index (χ2n) is 8.44. The topological polar surface area (TPSA) is 111 Å². The molecule has 0 atom stereocenters. The summed E-state index contributed by atoms with van der Waals surface area (Å²) in [6, 6.07) is 13.1. The molecule has 2 aromatic carbocycles. The Labute approximate surface area is 198 Å². The van der Waals surface area contributed by atoms with Crippen LogP contribution in [0.2, 0.25) is 0 Å². The number of fused-ring (bicyclic) bond motifs is 1. The van der Waals surface area contributed by atoms with Crippen molar-refractivity contribution in [2.24, 2.45) is 4.99 Å². The van der Waals surface area contributed by atoms with Gasteiger partial charge < -0.3 is 15.3 Å². The van der Waals surface area contributed by atoms with Crippen molar-refractivity contribution in [3.05, 3.63) is 59.2 Å². The highest BCUT2D eigenvalue weighted by molar-refractivity contribution is 6.08. The maximum Gasteiger partial charge on any atom is 0.410 e. The summed E-state index contributed by atoms with van der Waals surface area (Å²) in [7, 11) is 0. The van der Waals surface area contributed by atoms with Crippen LogP contribution < -0.4 is 10.6 Å². The number of nitrogens with one attached hydrogen (secondary N) is 2. The first-order chi connectivity index (χ1) is 16.4. The maximum absolute atomic E-state index is 12.6. The molecule has 0 unspecified atom stereocenters. The molecule has 1 saturated heterocycles. The Bertz CT molecular complexity index is 1160. The normalized spacial score (nSPS) is 15.0. The molecular formula is C26H28N4O4. The Morgan fingerprint density at radius 1 is 1.03 bits per heavy atom. The predicted molar refractivity (Wildman–Crippen MR) is 131 cm³/mol. The van der Waals surface area contributed by atoms with E-state index in [2.05, 4.69) is 15.6 Å². The van der Waals surface area contributed by atoms with Gasteiger partial charge in [-0.05, 0) is 54.7 Å². The van der Waals surface area contributed by atoms with Crippen LogP contribution in [-0.4, -0.2) is 53.4 Å². The Kier molecular flexibility index (Phi) is 7.06. The molecule has 3 amide bonds. The molecule has 176 valence electrons. The van der Waals surface area contributed by atoms with Gasteiger partial charge in [0, 0.05) is 42.8 Å². The fourth-order valence-electron chi connectivity index (χ4n) is 4.15. The lowest BCUT2D eigenvalue weighted by Gasteiger charge is -2.15. The summed E-state index contributed by atoms with van der Waals surface area (Å²) < 4.78 is 0. The quantitative estimate of drug-likeness (QED) is 0.621. The van der Waals surface area contributed by atoms with Crippen LogP contribution in [0.15, 0.2) is 53.0 Å². The highest BCUT2D eigenvalue weighted by Gasteiger charge is 2.20. The summed E-state index contributed by atoms with van der Waals surface area (Å²) in [5.74, 6) is 0.00348. The Hall–Kier alpha value is -3.94. The fraction of sp³-hybridized carbons (Fsp3) is 0.308. The number of nitrogens with zero attached hydrogens (tertiary/aromatic N) is 2. The number of carbonyl (C=O) groups excluding carboxylic acids is 2. The van der Waals surface area contributed by atoms with Crippen molar-refractivity contribution >= 4 is 35.5 Å². The first kappa shape index (κ1) is 23.2. The Balaban J connectivity index is 1.63. The van der Waals surface area contributed by atoms with Crippen LogP contribution in [-0.2, 0) is 4.79 Å². The van der Waals surface area contributed by atoms with Crippen LogP contribution in [0, 0.1) is 0 Å². The first-order valence-corrected chi connectivity index (χ1v) is 11.5. The van der Waals surface area contributed by atoms with E-state index in [0.717, 1.165) is 49.0 Å². The van der Waals surface area contributed by atoms with Gasteiger partial charge >= 0.3 is 6.09 Å². The van der Waals surface area contributed by atoms with Crippen LogP contribution in [0.25, 0.3) is 17.2 Å². The highest BCUT2D eigenvalue weighted by atomic mass is 16.4. The molecule has 2 aliphatic heterocycles. The van der Waals surface area contributed by atoms with Crippen molar-refractivity contribution in [3.63, 3.8) is 0 Å². The minimum Gasteiger partial charge on any atom is -0.465 e. The number of likely N-dealkylation sites (tertiary alicyclic amines) is 1. The van der Waals surface area contributed by atoms with Gasteiger partial charge in [-0.2, -0.15) is 0 Å². The van der Waals surface area contributed by atoms with E-state index in [4.69, 9.17) is 0 Å². The van der Waals surface area contributed by atoms with Crippen LogP contribution in [0.1, 0.15) is 48.5 Å². The van der Waals surface area contributed by atoms with Gasteiger partial charge in [-0.1, -0.05) is 31.2 Å². The third-order valence-electron chi connectivity index (χ3n) is 5.91. The largest absolute Gasteiger partial charge is 0.465 e. The molecule has 3 N–H and O–H groups in total. The van der Waals surface area contributed by atoms with E-state index in [1.807, 2.05) is 54.3 Å². The molecule has 0 spiro atoms. The molecule has 1 fully saturated rings. The van der Waals surface area contributed by atoms with Gasteiger partial charge in [-0.25, -0.2) is 9.79 Å². The molecule has 8 heteroatoms. The number of amidine groups is 1. The molecule has 0 aliphatic carbocycles. The van der Waals surface area contributed by atoms with Gasteiger partial charge in [0.1, 0.15) is 5.84 Å². The fourth-order valence-corrected chi connectivity index (χ4v) is 4.15. The van der Waals surface area contributed by atoms with Crippen LogP contribution in [0.5, 0.6) is 0 Å². The molecule has 0 aromatic heterocycles. The Morgan fingerprint density at radius 3 is 2.41 bits per heavy atom. The standard InChI is InChI=1S/C26H28N4O4/c1-2-11-27-24(31)21-14-20-10-9-19(15-22(20)28-23(16-21)29-26(33)34)17-5-7-18(8-6-17)25(32)30-12-3-4-13-30/h5-10,14-15H,2-4,11-13,16H2,1H3,(H,27,31)(H,28,29)(H,33,34).